The quantitative estimate of drug-likeness (QED) is 0.842. The summed E-state index contributed by atoms with van der Waals surface area (Å²) in [6, 6.07) is 5.21. The fourth-order valence-electron chi connectivity index (χ4n) is 2.01. The smallest absolute Gasteiger partial charge is 0.142 e. The van der Waals surface area contributed by atoms with Crippen LogP contribution in [-0.4, -0.2) is 19.0 Å². The van der Waals surface area contributed by atoms with Gasteiger partial charge >= 0.3 is 0 Å². The number of rotatable bonds is 3. The molecule has 2 nitrogen and oxygen atoms in total. The molecule has 0 aromatic heterocycles. The first-order valence-corrected chi connectivity index (χ1v) is 6.47. The van der Waals surface area contributed by atoms with Gasteiger partial charge in [0.05, 0.1) is 6.61 Å². The topological polar surface area (TPSA) is 26.3 Å². The number of halogens is 2. The van der Waals surface area contributed by atoms with E-state index in [1.807, 2.05) is 0 Å². The number of ether oxygens (including phenoxy) is 1. The SMILES string of the molecule is O=C(Cc1cc(Cl)ccc1Cl)C1CCCOC1. The molecule has 1 unspecified atom stereocenters. The molecule has 0 radical (unpaired) electrons. The lowest BCUT2D eigenvalue weighted by Gasteiger charge is -2.21. The second kappa shape index (κ2) is 5.85. The Labute approximate surface area is 111 Å². The second-order valence-electron chi connectivity index (χ2n) is 4.29. The maximum absolute atomic E-state index is 12.0. The molecule has 0 saturated carbocycles. The summed E-state index contributed by atoms with van der Waals surface area (Å²) < 4.78 is 5.32. The first-order chi connectivity index (χ1) is 8.16. The summed E-state index contributed by atoms with van der Waals surface area (Å²) in [5, 5.41) is 1.21. The molecule has 1 heterocycles. The molecule has 1 aliphatic heterocycles. The Balaban J connectivity index is 2.04. The summed E-state index contributed by atoms with van der Waals surface area (Å²) in [5.41, 5.74) is 0.801. The van der Waals surface area contributed by atoms with Crippen LogP contribution in [-0.2, 0) is 16.0 Å². The van der Waals surface area contributed by atoms with E-state index < -0.39 is 0 Å². The highest BCUT2D eigenvalue weighted by Gasteiger charge is 2.22. The molecule has 0 amide bonds. The molecule has 1 atom stereocenters. The van der Waals surface area contributed by atoms with Crippen molar-refractivity contribution < 1.29 is 9.53 Å². The molecule has 4 heteroatoms. The van der Waals surface area contributed by atoms with Crippen molar-refractivity contribution in [2.45, 2.75) is 19.3 Å². The van der Waals surface area contributed by atoms with E-state index in [1.165, 1.54) is 0 Å². The summed E-state index contributed by atoms with van der Waals surface area (Å²) in [6.45, 7) is 1.30. The van der Waals surface area contributed by atoms with E-state index in [2.05, 4.69) is 0 Å². The van der Waals surface area contributed by atoms with E-state index in [-0.39, 0.29) is 11.7 Å². The van der Waals surface area contributed by atoms with Crippen LogP contribution in [0.15, 0.2) is 18.2 Å². The van der Waals surface area contributed by atoms with E-state index in [0.717, 1.165) is 25.0 Å². The predicted octanol–water partition coefficient (Wildman–Crippen LogP) is 3.53. The van der Waals surface area contributed by atoms with Gasteiger partial charge in [0.15, 0.2) is 0 Å². The Morgan fingerprint density at radius 3 is 2.94 bits per heavy atom. The molecule has 0 spiro atoms. The Morgan fingerprint density at radius 1 is 1.41 bits per heavy atom. The molecule has 2 rings (SSSR count). The van der Waals surface area contributed by atoms with Gasteiger partial charge < -0.3 is 4.74 Å². The molecule has 0 N–H and O–H groups in total. The monoisotopic (exact) mass is 272 g/mol. The van der Waals surface area contributed by atoms with Crippen molar-refractivity contribution in [3.8, 4) is 0 Å². The molecule has 17 heavy (non-hydrogen) atoms. The average molecular weight is 273 g/mol. The van der Waals surface area contributed by atoms with Gasteiger partial charge in [-0.15, -0.1) is 0 Å². The lowest BCUT2D eigenvalue weighted by atomic mass is 9.93. The lowest BCUT2D eigenvalue weighted by molar-refractivity contribution is -0.126. The number of benzene rings is 1. The Hall–Kier alpha value is -0.570. The minimum absolute atomic E-state index is 0.0128. The largest absolute Gasteiger partial charge is 0.381 e. The molecule has 1 saturated heterocycles. The summed E-state index contributed by atoms with van der Waals surface area (Å²) in [5.74, 6) is 0.202. The van der Waals surface area contributed by atoms with Crippen LogP contribution < -0.4 is 0 Å². The van der Waals surface area contributed by atoms with Crippen LogP contribution in [0.5, 0.6) is 0 Å². The van der Waals surface area contributed by atoms with Gasteiger partial charge in [-0.05, 0) is 36.6 Å². The Kier molecular flexibility index (Phi) is 4.43. The van der Waals surface area contributed by atoms with Crippen molar-refractivity contribution in [3.05, 3.63) is 33.8 Å². The number of carbonyl (C=O) groups excluding carboxylic acids is 1. The van der Waals surface area contributed by atoms with Gasteiger partial charge in [-0.1, -0.05) is 23.2 Å². The predicted molar refractivity (Wildman–Crippen MR) is 68.7 cm³/mol. The molecular weight excluding hydrogens is 259 g/mol. The van der Waals surface area contributed by atoms with E-state index in [4.69, 9.17) is 27.9 Å². The third kappa shape index (κ3) is 3.44. The number of hydrogen-bond acceptors (Lipinski definition) is 2. The highest BCUT2D eigenvalue weighted by molar-refractivity contribution is 6.33. The zero-order valence-electron chi connectivity index (χ0n) is 9.42. The minimum Gasteiger partial charge on any atom is -0.381 e. The number of hydrogen-bond donors (Lipinski definition) is 0. The van der Waals surface area contributed by atoms with Gasteiger partial charge in [0.1, 0.15) is 5.78 Å². The van der Waals surface area contributed by atoms with Crippen molar-refractivity contribution in [2.75, 3.05) is 13.2 Å². The lowest BCUT2D eigenvalue weighted by Crippen LogP contribution is -2.26. The molecule has 92 valence electrons. The van der Waals surface area contributed by atoms with Gasteiger partial charge in [0.25, 0.3) is 0 Å². The standard InChI is InChI=1S/C13H14Cl2O2/c14-11-3-4-12(15)10(6-11)7-13(16)9-2-1-5-17-8-9/h3-4,6,9H,1-2,5,7-8H2. The van der Waals surface area contributed by atoms with Crippen molar-refractivity contribution >= 4 is 29.0 Å². The summed E-state index contributed by atoms with van der Waals surface area (Å²) in [7, 11) is 0. The van der Waals surface area contributed by atoms with Crippen LogP contribution in [0, 0.1) is 5.92 Å². The maximum atomic E-state index is 12.0. The van der Waals surface area contributed by atoms with Gasteiger partial charge in [-0.2, -0.15) is 0 Å². The summed E-state index contributed by atoms with van der Waals surface area (Å²) in [4.78, 5) is 12.0. The molecule has 1 fully saturated rings. The van der Waals surface area contributed by atoms with Crippen molar-refractivity contribution in [1.82, 2.24) is 0 Å². The molecule has 1 aromatic carbocycles. The maximum Gasteiger partial charge on any atom is 0.142 e. The molecular formula is C13H14Cl2O2. The molecule has 0 bridgehead atoms. The number of Topliss-reactive ketones (excluding diaryl/α,β-unsaturated/α-hetero) is 1. The van der Waals surface area contributed by atoms with Crippen LogP contribution in [0.4, 0.5) is 0 Å². The van der Waals surface area contributed by atoms with Crippen LogP contribution in [0.2, 0.25) is 10.0 Å². The third-order valence-electron chi connectivity index (χ3n) is 2.99. The van der Waals surface area contributed by atoms with E-state index in [1.54, 1.807) is 18.2 Å². The zero-order chi connectivity index (χ0) is 12.3. The Morgan fingerprint density at radius 2 is 2.24 bits per heavy atom. The fraction of sp³-hybridized carbons (Fsp3) is 0.462. The van der Waals surface area contributed by atoms with Gasteiger partial charge in [-0.25, -0.2) is 0 Å². The fourth-order valence-corrected chi connectivity index (χ4v) is 2.38. The average Bonchev–Trinajstić information content (AvgIpc) is 2.35. The van der Waals surface area contributed by atoms with E-state index >= 15 is 0 Å². The van der Waals surface area contributed by atoms with Crippen molar-refractivity contribution in [1.29, 1.82) is 0 Å². The van der Waals surface area contributed by atoms with Crippen LogP contribution in [0.25, 0.3) is 0 Å². The normalized spacial score (nSPS) is 20.2. The van der Waals surface area contributed by atoms with E-state index in [9.17, 15) is 4.79 Å². The van der Waals surface area contributed by atoms with Gasteiger partial charge in [-0.3, -0.25) is 4.79 Å². The van der Waals surface area contributed by atoms with Crippen LogP contribution in [0.3, 0.4) is 0 Å². The zero-order valence-corrected chi connectivity index (χ0v) is 10.9. The number of carbonyl (C=O) groups is 1. The first-order valence-electron chi connectivity index (χ1n) is 5.71. The first kappa shape index (κ1) is 12.9. The molecule has 0 aliphatic carbocycles. The highest BCUT2D eigenvalue weighted by atomic mass is 35.5. The number of ketones is 1. The molecule has 1 aliphatic rings. The van der Waals surface area contributed by atoms with E-state index in [0.29, 0.717) is 23.1 Å². The summed E-state index contributed by atoms with van der Waals surface area (Å²) >= 11 is 11.9. The summed E-state index contributed by atoms with van der Waals surface area (Å²) in [6.07, 6.45) is 2.21. The minimum atomic E-state index is 0.0128. The van der Waals surface area contributed by atoms with Crippen LogP contribution >= 0.6 is 23.2 Å². The van der Waals surface area contributed by atoms with Gasteiger partial charge in [0, 0.05) is 29.0 Å². The second-order valence-corrected chi connectivity index (χ2v) is 5.14. The van der Waals surface area contributed by atoms with Crippen molar-refractivity contribution in [3.63, 3.8) is 0 Å². The Bertz CT molecular complexity index is 412. The molecule has 1 aromatic rings. The van der Waals surface area contributed by atoms with Gasteiger partial charge in [0.2, 0.25) is 0 Å². The third-order valence-corrected chi connectivity index (χ3v) is 3.59. The van der Waals surface area contributed by atoms with Crippen molar-refractivity contribution in [2.24, 2.45) is 5.92 Å². The van der Waals surface area contributed by atoms with Crippen LogP contribution in [0.1, 0.15) is 18.4 Å². The highest BCUT2D eigenvalue weighted by Crippen LogP contribution is 2.23.